The summed E-state index contributed by atoms with van der Waals surface area (Å²) < 4.78 is 5.61. The first-order chi connectivity index (χ1) is 6.68. The third-order valence-electron chi connectivity index (χ3n) is 2.94. The van der Waals surface area contributed by atoms with Crippen molar-refractivity contribution in [2.24, 2.45) is 0 Å². The highest BCUT2D eigenvalue weighted by molar-refractivity contribution is 7.07. The third-order valence-corrected chi connectivity index (χ3v) is 3.65. The molecule has 0 aliphatic heterocycles. The molecule has 0 amide bonds. The molecule has 0 saturated carbocycles. The average molecular weight is 213 g/mol. The van der Waals surface area contributed by atoms with E-state index in [1.165, 1.54) is 5.56 Å². The van der Waals surface area contributed by atoms with Crippen LogP contribution in [0.4, 0.5) is 0 Å². The number of likely N-dealkylation sites (N-methyl/N-ethyl adjacent to an activating group) is 1. The maximum Gasteiger partial charge on any atom is 0.0842 e. The summed E-state index contributed by atoms with van der Waals surface area (Å²) in [5.41, 5.74) is 1.18. The van der Waals surface area contributed by atoms with Crippen LogP contribution in [0, 0.1) is 0 Å². The Hall–Kier alpha value is -0.380. The number of rotatable bonds is 5. The average Bonchev–Trinajstić information content (AvgIpc) is 2.72. The van der Waals surface area contributed by atoms with Crippen LogP contribution >= 0.6 is 11.3 Å². The van der Waals surface area contributed by atoms with Crippen LogP contribution in [0.25, 0.3) is 0 Å². The SMILES string of the molecule is CCC(C)(OC)C(NC)c1ccsc1. The van der Waals surface area contributed by atoms with Gasteiger partial charge in [0, 0.05) is 7.11 Å². The van der Waals surface area contributed by atoms with Crippen LogP contribution < -0.4 is 5.32 Å². The van der Waals surface area contributed by atoms with Crippen LogP contribution in [0.15, 0.2) is 16.8 Å². The van der Waals surface area contributed by atoms with Crippen molar-refractivity contribution in [3.8, 4) is 0 Å². The van der Waals surface area contributed by atoms with E-state index >= 15 is 0 Å². The summed E-state index contributed by atoms with van der Waals surface area (Å²) in [6.07, 6.45) is 0.991. The standard InChI is InChI=1S/C11H19NOS/c1-5-11(2,13-4)10(12-3)9-6-7-14-8-9/h6-8,10,12H,5H2,1-4H3. The van der Waals surface area contributed by atoms with Gasteiger partial charge in [-0.05, 0) is 42.8 Å². The van der Waals surface area contributed by atoms with Crippen molar-refractivity contribution in [1.82, 2.24) is 5.32 Å². The van der Waals surface area contributed by atoms with Crippen molar-refractivity contribution >= 4 is 11.3 Å². The number of hydrogen-bond acceptors (Lipinski definition) is 3. The van der Waals surface area contributed by atoms with Crippen molar-refractivity contribution in [2.75, 3.05) is 14.2 Å². The molecule has 1 aromatic rings. The van der Waals surface area contributed by atoms with E-state index in [2.05, 4.69) is 36.0 Å². The molecule has 2 nitrogen and oxygen atoms in total. The third kappa shape index (κ3) is 2.16. The van der Waals surface area contributed by atoms with Gasteiger partial charge in [0.1, 0.15) is 0 Å². The molecule has 3 heteroatoms. The Balaban J connectivity index is 2.91. The topological polar surface area (TPSA) is 21.3 Å². The largest absolute Gasteiger partial charge is 0.377 e. The minimum atomic E-state index is -0.129. The summed E-state index contributed by atoms with van der Waals surface area (Å²) in [6, 6.07) is 2.42. The first kappa shape index (κ1) is 11.7. The van der Waals surface area contributed by atoms with Crippen molar-refractivity contribution in [2.45, 2.75) is 31.9 Å². The quantitative estimate of drug-likeness (QED) is 0.812. The molecular weight excluding hydrogens is 194 g/mol. The molecule has 0 radical (unpaired) electrons. The fourth-order valence-electron chi connectivity index (χ4n) is 1.73. The highest BCUT2D eigenvalue weighted by Crippen LogP contribution is 2.32. The van der Waals surface area contributed by atoms with Gasteiger partial charge in [0.15, 0.2) is 0 Å². The Morgan fingerprint density at radius 1 is 1.64 bits per heavy atom. The molecule has 0 aliphatic rings. The molecule has 0 saturated heterocycles. The van der Waals surface area contributed by atoms with E-state index in [4.69, 9.17) is 4.74 Å². The zero-order chi connectivity index (χ0) is 10.6. The van der Waals surface area contributed by atoms with E-state index in [-0.39, 0.29) is 11.6 Å². The van der Waals surface area contributed by atoms with Gasteiger partial charge in [0.2, 0.25) is 0 Å². The predicted molar refractivity (Wildman–Crippen MR) is 61.8 cm³/mol. The van der Waals surface area contributed by atoms with Crippen LogP contribution in [-0.4, -0.2) is 19.8 Å². The lowest BCUT2D eigenvalue weighted by Gasteiger charge is -2.35. The van der Waals surface area contributed by atoms with Gasteiger partial charge < -0.3 is 10.1 Å². The van der Waals surface area contributed by atoms with Crippen molar-refractivity contribution in [3.63, 3.8) is 0 Å². The van der Waals surface area contributed by atoms with E-state index in [0.717, 1.165) is 6.42 Å². The highest BCUT2D eigenvalue weighted by Gasteiger charge is 2.32. The molecule has 0 aliphatic carbocycles. The van der Waals surface area contributed by atoms with Gasteiger partial charge in [-0.25, -0.2) is 0 Å². The maximum atomic E-state index is 5.61. The number of thiophene rings is 1. The van der Waals surface area contributed by atoms with Crippen LogP contribution in [0.1, 0.15) is 31.9 Å². The number of nitrogens with one attached hydrogen (secondary N) is 1. The minimum Gasteiger partial charge on any atom is -0.377 e. The second-order valence-electron chi connectivity index (χ2n) is 3.65. The molecule has 1 N–H and O–H groups in total. The summed E-state index contributed by atoms with van der Waals surface area (Å²) >= 11 is 1.72. The Bertz CT molecular complexity index is 254. The Morgan fingerprint density at radius 3 is 2.71 bits per heavy atom. The lowest BCUT2D eigenvalue weighted by molar-refractivity contribution is -0.0279. The molecule has 0 aromatic carbocycles. The van der Waals surface area contributed by atoms with E-state index in [1.807, 2.05) is 7.05 Å². The highest BCUT2D eigenvalue weighted by atomic mass is 32.1. The van der Waals surface area contributed by atoms with E-state index in [9.17, 15) is 0 Å². The smallest absolute Gasteiger partial charge is 0.0842 e. The molecule has 80 valence electrons. The molecule has 1 heterocycles. The van der Waals surface area contributed by atoms with Crippen LogP contribution in [-0.2, 0) is 4.74 Å². The Kier molecular flexibility index (Phi) is 4.11. The Morgan fingerprint density at radius 2 is 2.36 bits per heavy atom. The summed E-state index contributed by atoms with van der Waals surface area (Å²) in [5, 5.41) is 7.61. The zero-order valence-electron chi connectivity index (χ0n) is 9.33. The second-order valence-corrected chi connectivity index (χ2v) is 4.43. The monoisotopic (exact) mass is 213 g/mol. The van der Waals surface area contributed by atoms with Gasteiger partial charge in [-0.3, -0.25) is 0 Å². The number of ether oxygens (including phenoxy) is 1. The zero-order valence-corrected chi connectivity index (χ0v) is 10.1. The van der Waals surface area contributed by atoms with Crippen LogP contribution in [0.3, 0.4) is 0 Å². The Labute approximate surface area is 90.3 Å². The lowest BCUT2D eigenvalue weighted by atomic mass is 9.89. The van der Waals surface area contributed by atoms with Crippen molar-refractivity contribution < 1.29 is 4.74 Å². The fraction of sp³-hybridized carbons (Fsp3) is 0.636. The minimum absolute atomic E-state index is 0.129. The molecular formula is C11H19NOS. The van der Waals surface area contributed by atoms with E-state index in [0.29, 0.717) is 0 Å². The molecule has 2 unspecified atom stereocenters. The predicted octanol–water partition coefficient (Wildman–Crippen LogP) is 2.82. The molecule has 14 heavy (non-hydrogen) atoms. The molecule has 0 fully saturated rings. The van der Waals surface area contributed by atoms with Crippen LogP contribution in [0.2, 0.25) is 0 Å². The van der Waals surface area contributed by atoms with Gasteiger partial charge in [-0.2, -0.15) is 11.3 Å². The molecule has 0 spiro atoms. The summed E-state index contributed by atoms with van der Waals surface area (Å²) in [7, 11) is 3.76. The fourth-order valence-corrected chi connectivity index (χ4v) is 2.42. The molecule has 2 atom stereocenters. The van der Waals surface area contributed by atoms with Gasteiger partial charge in [0.25, 0.3) is 0 Å². The second kappa shape index (κ2) is 4.91. The summed E-state index contributed by atoms with van der Waals surface area (Å²) in [5.74, 6) is 0. The van der Waals surface area contributed by atoms with Crippen molar-refractivity contribution in [1.29, 1.82) is 0 Å². The number of hydrogen-bond donors (Lipinski definition) is 1. The van der Waals surface area contributed by atoms with Gasteiger partial charge >= 0.3 is 0 Å². The first-order valence-corrected chi connectivity index (χ1v) is 5.86. The normalized spacial score (nSPS) is 17.7. The van der Waals surface area contributed by atoms with Gasteiger partial charge in [-0.15, -0.1) is 0 Å². The molecule has 1 rings (SSSR count). The van der Waals surface area contributed by atoms with E-state index in [1.54, 1.807) is 18.4 Å². The lowest BCUT2D eigenvalue weighted by Crippen LogP contribution is -2.41. The summed E-state index contributed by atoms with van der Waals surface area (Å²) in [4.78, 5) is 0. The molecule has 1 aromatic heterocycles. The van der Waals surface area contributed by atoms with E-state index < -0.39 is 0 Å². The van der Waals surface area contributed by atoms with Crippen molar-refractivity contribution in [3.05, 3.63) is 22.4 Å². The summed E-state index contributed by atoms with van der Waals surface area (Å²) in [6.45, 7) is 4.30. The van der Waals surface area contributed by atoms with Gasteiger partial charge in [-0.1, -0.05) is 6.92 Å². The first-order valence-electron chi connectivity index (χ1n) is 4.92. The maximum absolute atomic E-state index is 5.61. The number of methoxy groups -OCH3 is 1. The van der Waals surface area contributed by atoms with Gasteiger partial charge in [0.05, 0.1) is 11.6 Å². The van der Waals surface area contributed by atoms with Crippen LogP contribution in [0.5, 0.6) is 0 Å². The molecule has 0 bridgehead atoms.